The highest BCUT2D eigenvalue weighted by molar-refractivity contribution is 6.33. The van der Waals surface area contributed by atoms with Crippen molar-refractivity contribution < 1.29 is 9.18 Å². The van der Waals surface area contributed by atoms with E-state index in [2.05, 4.69) is 20.4 Å². The third kappa shape index (κ3) is 4.02. The van der Waals surface area contributed by atoms with Gasteiger partial charge in [-0.15, -0.1) is 0 Å². The van der Waals surface area contributed by atoms with Crippen molar-refractivity contribution in [3.63, 3.8) is 0 Å². The summed E-state index contributed by atoms with van der Waals surface area (Å²) in [5.74, 6) is 0.184. The zero-order valence-corrected chi connectivity index (χ0v) is 15.9. The largest absolute Gasteiger partial charge is 0.355 e. The third-order valence-electron chi connectivity index (χ3n) is 4.98. The molecule has 5 nitrogen and oxygen atoms in total. The van der Waals surface area contributed by atoms with Gasteiger partial charge in [-0.1, -0.05) is 41.9 Å². The average molecular weight is 399 g/mol. The highest BCUT2D eigenvalue weighted by Crippen LogP contribution is 2.24. The first-order chi connectivity index (χ1) is 13.6. The zero-order chi connectivity index (χ0) is 19.5. The normalized spacial score (nSPS) is 14.9. The number of amides is 1. The van der Waals surface area contributed by atoms with Crippen molar-refractivity contribution in [2.45, 2.75) is 18.9 Å². The van der Waals surface area contributed by atoms with Crippen molar-refractivity contribution in [1.29, 1.82) is 0 Å². The number of halogens is 2. The van der Waals surface area contributed by atoms with Gasteiger partial charge in [0, 0.05) is 25.2 Å². The first-order valence-corrected chi connectivity index (χ1v) is 9.59. The Morgan fingerprint density at radius 3 is 2.61 bits per heavy atom. The predicted octanol–water partition coefficient (Wildman–Crippen LogP) is 4.27. The second kappa shape index (κ2) is 8.02. The Bertz CT molecular complexity index is 968. The molecule has 1 amide bonds. The molecule has 0 radical (unpaired) electrons. The summed E-state index contributed by atoms with van der Waals surface area (Å²) in [7, 11) is 0. The fourth-order valence-electron chi connectivity index (χ4n) is 3.43. The molecule has 144 valence electrons. The van der Waals surface area contributed by atoms with Crippen molar-refractivity contribution >= 4 is 23.3 Å². The Morgan fingerprint density at radius 1 is 1.14 bits per heavy atom. The Labute approximate surface area is 167 Å². The fraction of sp³-hybridized carbons (Fsp3) is 0.238. The molecule has 0 aliphatic carbocycles. The Morgan fingerprint density at radius 2 is 1.89 bits per heavy atom. The molecule has 3 aromatic rings. The molecule has 0 unspecified atom stereocenters. The molecule has 0 spiro atoms. The predicted molar refractivity (Wildman–Crippen MR) is 108 cm³/mol. The summed E-state index contributed by atoms with van der Waals surface area (Å²) in [4.78, 5) is 14.6. The number of hydrogen-bond acceptors (Lipinski definition) is 3. The number of nitrogens with zero attached hydrogens (tertiary/aromatic N) is 2. The summed E-state index contributed by atoms with van der Waals surface area (Å²) in [6.07, 6.45) is 1.61. The van der Waals surface area contributed by atoms with Gasteiger partial charge in [0.15, 0.2) is 5.82 Å². The second-order valence-corrected chi connectivity index (χ2v) is 7.27. The van der Waals surface area contributed by atoms with Crippen molar-refractivity contribution in [3.8, 4) is 11.3 Å². The van der Waals surface area contributed by atoms with Crippen LogP contribution in [0.1, 0.15) is 23.2 Å². The van der Waals surface area contributed by atoms with Crippen LogP contribution in [0, 0.1) is 5.82 Å². The van der Waals surface area contributed by atoms with Crippen molar-refractivity contribution in [1.82, 2.24) is 15.5 Å². The molecule has 1 fully saturated rings. The van der Waals surface area contributed by atoms with E-state index in [1.165, 1.54) is 12.1 Å². The van der Waals surface area contributed by atoms with E-state index in [9.17, 15) is 9.18 Å². The summed E-state index contributed by atoms with van der Waals surface area (Å²) in [5, 5.41) is 10.6. The highest BCUT2D eigenvalue weighted by atomic mass is 35.5. The molecule has 1 aliphatic heterocycles. The van der Waals surface area contributed by atoms with Crippen LogP contribution < -0.4 is 10.2 Å². The van der Waals surface area contributed by atoms with Gasteiger partial charge >= 0.3 is 0 Å². The van der Waals surface area contributed by atoms with Gasteiger partial charge in [0.1, 0.15) is 5.82 Å². The molecule has 0 saturated carbocycles. The summed E-state index contributed by atoms with van der Waals surface area (Å²) >= 11 is 5.98. The number of piperidine rings is 1. The van der Waals surface area contributed by atoms with Crippen LogP contribution in [0.2, 0.25) is 5.02 Å². The molecule has 2 N–H and O–H groups in total. The van der Waals surface area contributed by atoms with Gasteiger partial charge < -0.3 is 10.2 Å². The molecule has 0 atom stereocenters. The summed E-state index contributed by atoms with van der Waals surface area (Å²) < 4.78 is 13.2. The number of nitrogens with one attached hydrogen (secondary N) is 2. The summed E-state index contributed by atoms with van der Waals surface area (Å²) in [6.45, 7) is 1.59. The van der Waals surface area contributed by atoms with Gasteiger partial charge in [0.05, 0.1) is 16.3 Å². The van der Waals surface area contributed by atoms with E-state index in [1.54, 1.807) is 0 Å². The number of aromatic amines is 1. The van der Waals surface area contributed by atoms with Crippen molar-refractivity contribution in [2.24, 2.45) is 0 Å². The lowest BCUT2D eigenvalue weighted by Crippen LogP contribution is -2.44. The molecule has 7 heteroatoms. The summed E-state index contributed by atoms with van der Waals surface area (Å²) in [6, 6.07) is 16.0. The molecule has 1 saturated heterocycles. The van der Waals surface area contributed by atoms with Crippen LogP contribution >= 0.6 is 11.6 Å². The number of hydrogen-bond donors (Lipinski definition) is 2. The zero-order valence-electron chi connectivity index (χ0n) is 15.2. The minimum absolute atomic E-state index is 0.0532. The third-order valence-corrected chi connectivity index (χ3v) is 5.29. The molecule has 2 aromatic carbocycles. The van der Waals surface area contributed by atoms with Gasteiger partial charge in [0.25, 0.3) is 5.91 Å². The van der Waals surface area contributed by atoms with Crippen molar-refractivity contribution in [3.05, 3.63) is 71.0 Å². The number of aromatic nitrogens is 2. The maximum atomic E-state index is 13.2. The van der Waals surface area contributed by atoms with Gasteiger partial charge in [-0.2, -0.15) is 5.10 Å². The van der Waals surface area contributed by atoms with E-state index in [0.29, 0.717) is 5.56 Å². The van der Waals surface area contributed by atoms with E-state index in [-0.39, 0.29) is 17.0 Å². The van der Waals surface area contributed by atoms with Gasteiger partial charge in [0.2, 0.25) is 0 Å². The molecule has 1 aliphatic rings. The number of H-pyrrole nitrogens is 1. The Hall–Kier alpha value is -2.86. The SMILES string of the molecule is O=C(NC1CCN(c2cc(-c3ccccc3)[nH]n2)CC1)c1ccc(F)cc1Cl. The van der Waals surface area contributed by atoms with Crippen LogP contribution in [-0.4, -0.2) is 35.2 Å². The molecular formula is C21H20ClFN4O. The maximum Gasteiger partial charge on any atom is 0.253 e. The van der Waals surface area contributed by atoms with E-state index in [0.717, 1.165) is 49.1 Å². The maximum absolute atomic E-state index is 13.2. The van der Waals surface area contributed by atoms with Crippen LogP contribution in [0.15, 0.2) is 54.6 Å². The Kier molecular flexibility index (Phi) is 5.30. The number of benzene rings is 2. The molecule has 0 bridgehead atoms. The lowest BCUT2D eigenvalue weighted by Gasteiger charge is -2.32. The van der Waals surface area contributed by atoms with Gasteiger partial charge in [-0.3, -0.25) is 9.89 Å². The molecule has 4 rings (SSSR count). The van der Waals surface area contributed by atoms with Crippen molar-refractivity contribution in [2.75, 3.05) is 18.0 Å². The van der Waals surface area contributed by atoms with E-state index in [4.69, 9.17) is 11.6 Å². The Balaban J connectivity index is 1.35. The topological polar surface area (TPSA) is 61.0 Å². The van der Waals surface area contributed by atoms with E-state index >= 15 is 0 Å². The van der Waals surface area contributed by atoms with Crippen LogP contribution in [-0.2, 0) is 0 Å². The molecule has 2 heterocycles. The monoisotopic (exact) mass is 398 g/mol. The smallest absolute Gasteiger partial charge is 0.253 e. The first kappa shape index (κ1) is 18.5. The minimum atomic E-state index is -0.455. The molecule has 28 heavy (non-hydrogen) atoms. The van der Waals surface area contributed by atoms with Crippen LogP contribution in [0.5, 0.6) is 0 Å². The minimum Gasteiger partial charge on any atom is -0.355 e. The van der Waals surface area contributed by atoms with Crippen LogP contribution in [0.25, 0.3) is 11.3 Å². The second-order valence-electron chi connectivity index (χ2n) is 6.86. The molecular weight excluding hydrogens is 379 g/mol. The highest BCUT2D eigenvalue weighted by Gasteiger charge is 2.23. The van der Waals surface area contributed by atoms with E-state index in [1.807, 2.05) is 36.4 Å². The lowest BCUT2D eigenvalue weighted by molar-refractivity contribution is 0.0931. The van der Waals surface area contributed by atoms with E-state index < -0.39 is 5.82 Å². The number of carbonyl (C=O) groups is 1. The molecule has 1 aromatic heterocycles. The van der Waals surface area contributed by atoms with Crippen LogP contribution in [0.4, 0.5) is 10.2 Å². The lowest BCUT2D eigenvalue weighted by atomic mass is 10.0. The van der Waals surface area contributed by atoms with Crippen LogP contribution in [0.3, 0.4) is 0 Å². The standard InChI is InChI=1S/C21H20ClFN4O/c22-18-12-15(23)6-7-17(18)21(28)24-16-8-10-27(11-9-16)20-13-19(25-26-20)14-4-2-1-3-5-14/h1-7,12-13,16H,8-11H2,(H,24,28)(H,25,26). The quantitative estimate of drug-likeness (QED) is 0.690. The number of rotatable bonds is 4. The van der Waals surface area contributed by atoms with Gasteiger partial charge in [-0.25, -0.2) is 4.39 Å². The number of carbonyl (C=O) groups excluding carboxylic acids is 1. The number of anilines is 1. The average Bonchev–Trinajstić information content (AvgIpc) is 3.19. The van der Waals surface area contributed by atoms with Gasteiger partial charge in [-0.05, 0) is 36.6 Å². The summed E-state index contributed by atoms with van der Waals surface area (Å²) in [5.41, 5.74) is 2.38. The first-order valence-electron chi connectivity index (χ1n) is 9.22. The fourth-order valence-corrected chi connectivity index (χ4v) is 3.68.